The Hall–Kier alpha value is -2.63. The van der Waals surface area contributed by atoms with E-state index >= 15 is 0 Å². The molecular weight excluding hydrogens is 322 g/mol. The van der Waals surface area contributed by atoms with Crippen LogP contribution in [-0.2, 0) is 11.0 Å². The highest BCUT2D eigenvalue weighted by Gasteiger charge is 2.35. The van der Waals surface area contributed by atoms with Gasteiger partial charge in [0.05, 0.1) is 11.5 Å². The monoisotopic (exact) mass is 335 g/mol. The number of ketones is 1. The minimum atomic E-state index is -4.50. The summed E-state index contributed by atoms with van der Waals surface area (Å²) in [5.74, 6) is -1.38. The molecule has 2 nitrogen and oxygen atoms in total. The van der Waals surface area contributed by atoms with Crippen LogP contribution in [0.5, 0.6) is 0 Å². The highest BCUT2D eigenvalue weighted by molar-refractivity contribution is 6.26. The lowest BCUT2D eigenvalue weighted by molar-refractivity contribution is -0.137. The van der Waals surface area contributed by atoms with E-state index in [0.717, 1.165) is 12.1 Å². The highest BCUT2D eigenvalue weighted by atomic mass is 19.4. The first-order chi connectivity index (χ1) is 11.3. The topological polar surface area (TPSA) is 43.1 Å². The molecule has 124 valence electrons. The molecule has 0 heterocycles. The number of hydrogen-bond donors (Lipinski definition) is 1. The van der Waals surface area contributed by atoms with Gasteiger partial charge in [-0.2, -0.15) is 13.2 Å². The summed E-state index contributed by atoms with van der Waals surface area (Å²) < 4.78 is 51.6. The zero-order valence-corrected chi connectivity index (χ0v) is 12.4. The largest absolute Gasteiger partial charge is 0.416 e. The summed E-state index contributed by atoms with van der Waals surface area (Å²) in [7, 11) is 0. The Labute approximate surface area is 135 Å². The van der Waals surface area contributed by atoms with E-state index in [0.29, 0.717) is 5.56 Å². The van der Waals surface area contributed by atoms with E-state index in [1.54, 1.807) is 0 Å². The molecule has 6 heteroatoms. The summed E-state index contributed by atoms with van der Waals surface area (Å²) >= 11 is 0. The number of halogens is 4. The normalized spacial score (nSPS) is 18.3. The maximum absolute atomic E-state index is 13.0. The minimum Gasteiger partial charge on any atom is -0.401 e. The number of allylic oxidation sites excluding steroid dienone is 2. The van der Waals surface area contributed by atoms with Gasteiger partial charge >= 0.3 is 6.18 Å². The summed E-state index contributed by atoms with van der Waals surface area (Å²) in [6, 6.07) is 9.99. The smallest absolute Gasteiger partial charge is 0.401 e. The van der Waals surface area contributed by atoms with Gasteiger partial charge in [-0.05, 0) is 35.4 Å². The first-order valence-electron chi connectivity index (χ1n) is 7.23. The van der Waals surface area contributed by atoms with Gasteiger partial charge in [0.2, 0.25) is 0 Å². The fourth-order valence-electron chi connectivity index (χ4n) is 2.89. The predicted octanol–water partition coefficient (Wildman–Crippen LogP) is 4.27. The Bertz CT molecular complexity index is 822. The van der Waals surface area contributed by atoms with Crippen molar-refractivity contribution >= 4 is 11.4 Å². The molecule has 0 bridgehead atoms. The van der Waals surface area contributed by atoms with E-state index in [4.69, 9.17) is 5.73 Å². The molecule has 0 fully saturated rings. The lowest BCUT2D eigenvalue weighted by Crippen LogP contribution is -2.09. The average Bonchev–Trinajstić information content (AvgIpc) is 2.82. The van der Waals surface area contributed by atoms with Gasteiger partial charge in [0.1, 0.15) is 5.82 Å². The number of Topliss-reactive ketones (excluding diaryl/α,β-unsaturated/α-hetero) is 1. The Morgan fingerprint density at radius 1 is 1.04 bits per heavy atom. The minimum absolute atomic E-state index is 0.107. The number of hydrogen-bond acceptors (Lipinski definition) is 2. The molecule has 2 aromatic carbocycles. The van der Waals surface area contributed by atoms with Gasteiger partial charge in [0.15, 0.2) is 5.78 Å². The molecule has 0 spiro atoms. The Kier molecular flexibility index (Phi) is 3.91. The van der Waals surface area contributed by atoms with E-state index in [2.05, 4.69) is 0 Å². The van der Waals surface area contributed by atoms with E-state index in [1.807, 2.05) is 0 Å². The van der Waals surface area contributed by atoms with Crippen LogP contribution >= 0.6 is 0 Å². The lowest BCUT2D eigenvalue weighted by Gasteiger charge is -2.11. The number of alkyl halides is 3. The quantitative estimate of drug-likeness (QED) is 0.833. The SMILES string of the molecule is NC1=C(c2cccc(C(F)(F)F)c2)C(=O)C(c2ccc(F)cc2)C1. The van der Waals surface area contributed by atoms with Gasteiger partial charge in [0.25, 0.3) is 0 Å². The van der Waals surface area contributed by atoms with Gasteiger partial charge < -0.3 is 5.73 Å². The molecular formula is C18H13F4NO. The molecule has 0 aromatic heterocycles. The third kappa shape index (κ3) is 2.91. The van der Waals surface area contributed by atoms with Gasteiger partial charge in [-0.1, -0.05) is 24.3 Å². The molecule has 1 unspecified atom stereocenters. The third-order valence-electron chi connectivity index (χ3n) is 4.06. The van der Waals surface area contributed by atoms with Gasteiger partial charge in [-0.25, -0.2) is 4.39 Å². The molecule has 0 saturated heterocycles. The predicted molar refractivity (Wildman–Crippen MR) is 81.3 cm³/mol. The van der Waals surface area contributed by atoms with Crippen LogP contribution in [0, 0.1) is 5.82 Å². The van der Waals surface area contributed by atoms with Crippen LogP contribution in [0.3, 0.4) is 0 Å². The molecule has 0 amide bonds. The van der Waals surface area contributed by atoms with Gasteiger partial charge in [-0.3, -0.25) is 4.79 Å². The van der Waals surface area contributed by atoms with Crippen molar-refractivity contribution in [2.45, 2.75) is 18.5 Å². The molecule has 0 radical (unpaired) electrons. The third-order valence-corrected chi connectivity index (χ3v) is 4.06. The van der Waals surface area contributed by atoms with Gasteiger partial charge in [-0.15, -0.1) is 0 Å². The summed E-state index contributed by atoms with van der Waals surface area (Å²) in [6.07, 6.45) is -4.29. The van der Waals surface area contributed by atoms with Crippen LogP contribution in [0.4, 0.5) is 17.6 Å². The maximum Gasteiger partial charge on any atom is 0.416 e. The summed E-state index contributed by atoms with van der Waals surface area (Å²) in [6.45, 7) is 0. The van der Waals surface area contributed by atoms with Crippen LogP contribution < -0.4 is 5.73 Å². The highest BCUT2D eigenvalue weighted by Crippen LogP contribution is 2.39. The maximum atomic E-state index is 13.0. The molecule has 0 aliphatic heterocycles. The Morgan fingerprint density at radius 2 is 1.71 bits per heavy atom. The van der Waals surface area contributed by atoms with E-state index < -0.39 is 23.5 Å². The molecule has 24 heavy (non-hydrogen) atoms. The second kappa shape index (κ2) is 5.78. The van der Waals surface area contributed by atoms with Crippen molar-refractivity contribution in [3.63, 3.8) is 0 Å². The van der Waals surface area contributed by atoms with Crippen molar-refractivity contribution in [3.05, 3.63) is 76.7 Å². The fourth-order valence-corrected chi connectivity index (χ4v) is 2.89. The Morgan fingerprint density at radius 3 is 2.33 bits per heavy atom. The molecule has 1 atom stereocenters. The Balaban J connectivity index is 1.96. The molecule has 2 N–H and O–H groups in total. The van der Waals surface area contributed by atoms with E-state index in [1.165, 1.54) is 36.4 Å². The molecule has 1 aliphatic carbocycles. The van der Waals surface area contributed by atoms with Crippen LogP contribution in [0.1, 0.15) is 29.0 Å². The zero-order valence-electron chi connectivity index (χ0n) is 12.4. The fraction of sp³-hybridized carbons (Fsp3) is 0.167. The van der Waals surface area contributed by atoms with Crippen LogP contribution in [0.25, 0.3) is 5.57 Å². The van der Waals surface area contributed by atoms with E-state index in [9.17, 15) is 22.4 Å². The van der Waals surface area contributed by atoms with Crippen molar-refractivity contribution in [3.8, 4) is 0 Å². The van der Waals surface area contributed by atoms with E-state index in [-0.39, 0.29) is 29.0 Å². The van der Waals surface area contributed by atoms with Crippen molar-refractivity contribution in [1.82, 2.24) is 0 Å². The number of rotatable bonds is 2. The first kappa shape index (κ1) is 16.2. The van der Waals surface area contributed by atoms with Crippen molar-refractivity contribution < 1.29 is 22.4 Å². The van der Waals surface area contributed by atoms with Crippen LogP contribution in [-0.4, -0.2) is 5.78 Å². The van der Waals surface area contributed by atoms with Crippen molar-refractivity contribution in [2.75, 3.05) is 0 Å². The molecule has 1 aliphatic rings. The summed E-state index contributed by atoms with van der Waals surface area (Å²) in [4.78, 5) is 12.6. The number of benzene rings is 2. The standard InChI is InChI=1S/C18H13F4NO/c19-13-6-4-10(5-7-13)14-9-15(23)16(17(14)24)11-2-1-3-12(8-11)18(20,21)22/h1-8,14H,9,23H2. The summed E-state index contributed by atoms with van der Waals surface area (Å²) in [5.41, 5.74) is 6.18. The number of carbonyl (C=O) groups is 1. The summed E-state index contributed by atoms with van der Waals surface area (Å²) in [5, 5.41) is 0. The second-order valence-electron chi connectivity index (χ2n) is 5.65. The zero-order chi connectivity index (χ0) is 17.5. The molecule has 2 aromatic rings. The number of nitrogens with two attached hydrogens (primary N) is 1. The first-order valence-corrected chi connectivity index (χ1v) is 7.23. The second-order valence-corrected chi connectivity index (χ2v) is 5.65. The van der Waals surface area contributed by atoms with Crippen molar-refractivity contribution in [1.29, 1.82) is 0 Å². The van der Waals surface area contributed by atoms with Crippen LogP contribution in [0.15, 0.2) is 54.2 Å². The average molecular weight is 335 g/mol. The van der Waals surface area contributed by atoms with Gasteiger partial charge in [0, 0.05) is 17.7 Å². The van der Waals surface area contributed by atoms with Crippen LogP contribution in [0.2, 0.25) is 0 Å². The molecule has 0 saturated carbocycles. The molecule has 3 rings (SSSR count). The lowest BCUT2D eigenvalue weighted by atomic mass is 9.92. The number of carbonyl (C=O) groups excluding carboxylic acids is 1. The van der Waals surface area contributed by atoms with Crippen molar-refractivity contribution in [2.24, 2.45) is 5.73 Å².